The van der Waals surface area contributed by atoms with Gasteiger partial charge in [-0.3, -0.25) is 29.0 Å². The van der Waals surface area contributed by atoms with Crippen LogP contribution >= 0.6 is 11.6 Å². The van der Waals surface area contributed by atoms with Gasteiger partial charge in [-0.25, -0.2) is 0 Å². The number of likely N-dealkylation sites (tertiary alicyclic amines) is 2. The lowest BCUT2D eigenvalue weighted by Crippen LogP contribution is -2.36. The number of fused-ring (bicyclic) bond motifs is 3. The summed E-state index contributed by atoms with van der Waals surface area (Å²) in [7, 11) is 3.00. The highest BCUT2D eigenvalue weighted by molar-refractivity contribution is 6.33. The molecule has 0 radical (unpaired) electrons. The van der Waals surface area contributed by atoms with Crippen molar-refractivity contribution in [2.45, 2.75) is 19.3 Å². The first-order valence-corrected chi connectivity index (χ1v) is 8.22. The molecule has 0 aromatic carbocycles. The third-order valence-corrected chi connectivity index (χ3v) is 6.50. The van der Waals surface area contributed by atoms with E-state index in [4.69, 9.17) is 11.6 Å². The first-order valence-electron chi connectivity index (χ1n) is 7.84. The van der Waals surface area contributed by atoms with Crippen molar-refractivity contribution in [2.75, 3.05) is 14.1 Å². The second-order valence-electron chi connectivity index (χ2n) is 7.01. The molecule has 4 amide bonds. The minimum atomic E-state index is -0.595. The van der Waals surface area contributed by atoms with E-state index in [2.05, 4.69) is 0 Å². The zero-order valence-corrected chi connectivity index (χ0v) is 13.7. The van der Waals surface area contributed by atoms with Crippen LogP contribution in [0.4, 0.5) is 0 Å². The fourth-order valence-corrected chi connectivity index (χ4v) is 5.21. The molecule has 0 aromatic heterocycles. The summed E-state index contributed by atoms with van der Waals surface area (Å²) < 4.78 is 0. The van der Waals surface area contributed by atoms with E-state index in [1.165, 1.54) is 19.0 Å². The molecule has 2 saturated heterocycles. The van der Waals surface area contributed by atoms with E-state index in [1.54, 1.807) is 0 Å². The van der Waals surface area contributed by atoms with Crippen LogP contribution in [0.1, 0.15) is 19.3 Å². The van der Waals surface area contributed by atoms with Crippen LogP contribution in [0.2, 0.25) is 0 Å². The third-order valence-electron chi connectivity index (χ3n) is 6.02. The maximum absolute atomic E-state index is 12.3. The zero-order valence-electron chi connectivity index (χ0n) is 12.9. The molecule has 2 heterocycles. The smallest absolute Gasteiger partial charge is 0.238 e. The standard InChI is InChI=1S/C16H17ClN2O4/c1-18-13(20)8-3-6-4-10-11(16(23)19(2)15(10)22)12(17)7(6)5-9(8)14(18)21/h6,8-11H,3-5H2,1-2H3/t6-,8+,9-,10-,11-/m0/s1. The Morgan fingerprint density at radius 3 is 2.04 bits per heavy atom. The summed E-state index contributed by atoms with van der Waals surface area (Å²) in [6.07, 6.45) is 1.51. The normalized spacial score (nSPS) is 39.9. The second-order valence-corrected chi connectivity index (χ2v) is 7.42. The first kappa shape index (κ1) is 14.9. The Labute approximate surface area is 138 Å². The zero-order chi connectivity index (χ0) is 16.6. The molecule has 122 valence electrons. The van der Waals surface area contributed by atoms with Gasteiger partial charge < -0.3 is 0 Å². The maximum atomic E-state index is 12.3. The molecule has 4 aliphatic rings. The highest BCUT2D eigenvalue weighted by Gasteiger charge is 2.56. The van der Waals surface area contributed by atoms with E-state index >= 15 is 0 Å². The molecule has 1 saturated carbocycles. The van der Waals surface area contributed by atoms with Crippen LogP contribution in [0.25, 0.3) is 0 Å². The number of hydrogen-bond donors (Lipinski definition) is 0. The van der Waals surface area contributed by atoms with Gasteiger partial charge in [-0.2, -0.15) is 0 Å². The van der Waals surface area contributed by atoms with E-state index in [-0.39, 0.29) is 41.4 Å². The molecule has 5 atom stereocenters. The highest BCUT2D eigenvalue weighted by Crippen LogP contribution is 2.53. The summed E-state index contributed by atoms with van der Waals surface area (Å²) in [5.41, 5.74) is 0.905. The lowest BCUT2D eigenvalue weighted by molar-refractivity contribution is -0.139. The number of carbonyl (C=O) groups is 4. The molecule has 6 nitrogen and oxygen atoms in total. The molecule has 0 unspecified atom stereocenters. The summed E-state index contributed by atoms with van der Waals surface area (Å²) in [6.45, 7) is 0. The second kappa shape index (κ2) is 4.66. The number of rotatable bonds is 0. The molecule has 0 aromatic rings. The van der Waals surface area contributed by atoms with Crippen molar-refractivity contribution in [2.24, 2.45) is 29.6 Å². The lowest BCUT2D eigenvalue weighted by atomic mass is 9.65. The van der Waals surface area contributed by atoms with Gasteiger partial charge in [0, 0.05) is 19.1 Å². The topological polar surface area (TPSA) is 74.8 Å². The van der Waals surface area contributed by atoms with Gasteiger partial charge in [0.25, 0.3) is 0 Å². The van der Waals surface area contributed by atoms with E-state index < -0.39 is 11.8 Å². The van der Waals surface area contributed by atoms with Crippen LogP contribution in [0.3, 0.4) is 0 Å². The minimum Gasteiger partial charge on any atom is -0.285 e. The Bertz CT molecular complexity index is 700. The fraction of sp³-hybridized carbons (Fsp3) is 0.625. The minimum absolute atomic E-state index is 0.0106. The molecule has 2 aliphatic heterocycles. The van der Waals surface area contributed by atoms with Crippen LogP contribution in [0.5, 0.6) is 0 Å². The summed E-state index contributed by atoms with van der Waals surface area (Å²) in [4.78, 5) is 51.4. The largest absolute Gasteiger partial charge is 0.285 e. The Kier molecular flexibility index (Phi) is 3.01. The average Bonchev–Trinajstić information content (AvgIpc) is 2.88. The number of hydrogen-bond acceptors (Lipinski definition) is 4. The Morgan fingerprint density at radius 2 is 1.35 bits per heavy atom. The Hall–Kier alpha value is -1.69. The number of imide groups is 2. The number of halogens is 1. The fourth-order valence-electron chi connectivity index (χ4n) is 4.74. The number of carbonyl (C=O) groups excluding carboxylic acids is 4. The van der Waals surface area contributed by atoms with Gasteiger partial charge in [0.05, 0.1) is 23.7 Å². The number of nitrogens with zero attached hydrogens (tertiary/aromatic N) is 2. The van der Waals surface area contributed by atoms with Crippen LogP contribution < -0.4 is 0 Å². The molecular formula is C16H17ClN2O4. The molecule has 0 N–H and O–H groups in total. The molecular weight excluding hydrogens is 320 g/mol. The predicted octanol–water partition coefficient (Wildman–Crippen LogP) is 0.755. The molecule has 23 heavy (non-hydrogen) atoms. The number of allylic oxidation sites excluding steroid dienone is 1. The van der Waals surface area contributed by atoms with Crippen molar-refractivity contribution < 1.29 is 19.2 Å². The molecule has 4 rings (SSSR count). The molecule has 0 bridgehead atoms. The van der Waals surface area contributed by atoms with Gasteiger partial charge in [-0.1, -0.05) is 17.2 Å². The summed E-state index contributed by atoms with van der Waals surface area (Å²) in [5.74, 6) is -2.43. The third kappa shape index (κ3) is 1.75. The van der Waals surface area contributed by atoms with Crippen molar-refractivity contribution in [3.63, 3.8) is 0 Å². The summed E-state index contributed by atoms with van der Waals surface area (Å²) in [6, 6.07) is 0. The monoisotopic (exact) mass is 336 g/mol. The van der Waals surface area contributed by atoms with Gasteiger partial charge in [0.2, 0.25) is 23.6 Å². The number of amides is 4. The Morgan fingerprint density at radius 1 is 0.826 bits per heavy atom. The quantitative estimate of drug-likeness (QED) is 0.612. The summed E-state index contributed by atoms with van der Waals surface area (Å²) in [5, 5.41) is 0.433. The Balaban J connectivity index is 1.74. The predicted molar refractivity (Wildman–Crippen MR) is 79.7 cm³/mol. The van der Waals surface area contributed by atoms with Crippen molar-refractivity contribution >= 4 is 35.2 Å². The van der Waals surface area contributed by atoms with Crippen LogP contribution in [0.15, 0.2) is 10.6 Å². The van der Waals surface area contributed by atoms with Crippen molar-refractivity contribution in [3.8, 4) is 0 Å². The molecule has 7 heteroatoms. The van der Waals surface area contributed by atoms with E-state index in [9.17, 15) is 19.2 Å². The summed E-state index contributed by atoms with van der Waals surface area (Å²) >= 11 is 6.50. The molecule has 2 aliphatic carbocycles. The van der Waals surface area contributed by atoms with E-state index in [0.29, 0.717) is 24.3 Å². The lowest BCUT2D eigenvalue weighted by Gasteiger charge is -2.38. The van der Waals surface area contributed by atoms with Crippen molar-refractivity contribution in [1.82, 2.24) is 9.80 Å². The van der Waals surface area contributed by atoms with E-state index in [1.807, 2.05) is 0 Å². The maximum Gasteiger partial charge on any atom is 0.238 e. The van der Waals surface area contributed by atoms with Gasteiger partial charge >= 0.3 is 0 Å². The van der Waals surface area contributed by atoms with Crippen molar-refractivity contribution in [1.29, 1.82) is 0 Å². The van der Waals surface area contributed by atoms with Crippen molar-refractivity contribution in [3.05, 3.63) is 10.6 Å². The highest BCUT2D eigenvalue weighted by atomic mass is 35.5. The van der Waals surface area contributed by atoms with Gasteiger partial charge in [-0.05, 0) is 25.2 Å². The SMILES string of the molecule is CN1C(=O)[C@@H]2C(Cl)=C3C[C@@H]4C(=O)N(C)C(=O)[C@@H]4C[C@H]3C[C@@H]2C1=O. The van der Waals surface area contributed by atoms with Crippen LogP contribution in [-0.4, -0.2) is 47.5 Å². The van der Waals surface area contributed by atoms with Gasteiger partial charge in [0.15, 0.2) is 0 Å². The van der Waals surface area contributed by atoms with Gasteiger partial charge in [-0.15, -0.1) is 0 Å². The van der Waals surface area contributed by atoms with Gasteiger partial charge in [0.1, 0.15) is 0 Å². The molecule has 3 fully saturated rings. The van der Waals surface area contributed by atoms with E-state index in [0.717, 1.165) is 10.5 Å². The van der Waals surface area contributed by atoms with Crippen LogP contribution in [0, 0.1) is 29.6 Å². The first-order chi connectivity index (χ1) is 10.8. The molecule has 0 spiro atoms. The average molecular weight is 337 g/mol. The van der Waals surface area contributed by atoms with Crippen LogP contribution in [-0.2, 0) is 19.2 Å².